The Morgan fingerprint density at radius 2 is 1.50 bits per heavy atom. The van der Waals surface area contributed by atoms with Crippen molar-refractivity contribution in [3.63, 3.8) is 0 Å². The van der Waals surface area contributed by atoms with Gasteiger partial charge in [-0.1, -0.05) is 48.8 Å². The third-order valence-electron chi connectivity index (χ3n) is 3.75. The number of anilines is 1. The number of halogens is 1. The molecule has 2 rings (SSSR count). The molecule has 0 spiro atoms. The normalized spacial score (nSPS) is 11.4. The number of aryl methyl sites for hydroxylation is 2. The van der Waals surface area contributed by atoms with Crippen LogP contribution in [-0.2, 0) is 5.41 Å². The summed E-state index contributed by atoms with van der Waals surface area (Å²) in [6.07, 6.45) is 0. The van der Waals surface area contributed by atoms with E-state index in [9.17, 15) is 4.79 Å². The number of nitrogens with one attached hydrogen (secondary N) is 1. The number of carbonyl (C=O) groups excluding carboxylic acids is 1. The van der Waals surface area contributed by atoms with Crippen LogP contribution in [0.1, 0.15) is 47.8 Å². The fraction of sp³-hybridized carbons (Fsp3) is 0.316. The standard InChI is InChI=1S/C19H22BrNO/c1-12-10-16(20)11-13(2)17(12)21-18(22)14-6-8-15(9-7-14)19(3,4)5/h6-11H,1-5H3,(H,21,22). The summed E-state index contributed by atoms with van der Waals surface area (Å²) in [5, 5.41) is 3.02. The summed E-state index contributed by atoms with van der Waals surface area (Å²) in [6, 6.07) is 11.8. The lowest BCUT2D eigenvalue weighted by molar-refractivity contribution is 0.102. The van der Waals surface area contributed by atoms with Gasteiger partial charge in [0.2, 0.25) is 0 Å². The largest absolute Gasteiger partial charge is 0.322 e. The summed E-state index contributed by atoms with van der Waals surface area (Å²) < 4.78 is 1.02. The van der Waals surface area contributed by atoms with E-state index < -0.39 is 0 Å². The third-order valence-corrected chi connectivity index (χ3v) is 4.21. The van der Waals surface area contributed by atoms with Gasteiger partial charge in [0, 0.05) is 15.7 Å². The fourth-order valence-electron chi connectivity index (χ4n) is 2.42. The van der Waals surface area contributed by atoms with Gasteiger partial charge in [-0.2, -0.15) is 0 Å². The Morgan fingerprint density at radius 3 is 1.95 bits per heavy atom. The average Bonchev–Trinajstić information content (AvgIpc) is 2.41. The molecule has 116 valence electrons. The molecular weight excluding hydrogens is 338 g/mol. The number of rotatable bonds is 2. The number of amides is 1. The van der Waals surface area contributed by atoms with Crippen molar-refractivity contribution in [1.29, 1.82) is 0 Å². The van der Waals surface area contributed by atoms with E-state index in [0.717, 1.165) is 21.3 Å². The van der Waals surface area contributed by atoms with Gasteiger partial charge in [0.1, 0.15) is 0 Å². The van der Waals surface area contributed by atoms with Crippen molar-refractivity contribution in [2.75, 3.05) is 5.32 Å². The molecule has 0 heterocycles. The summed E-state index contributed by atoms with van der Waals surface area (Å²) >= 11 is 3.47. The van der Waals surface area contributed by atoms with Gasteiger partial charge < -0.3 is 5.32 Å². The van der Waals surface area contributed by atoms with Gasteiger partial charge in [-0.05, 0) is 60.2 Å². The van der Waals surface area contributed by atoms with Crippen LogP contribution in [0.5, 0.6) is 0 Å². The molecule has 1 N–H and O–H groups in total. The molecule has 2 aromatic carbocycles. The fourth-order valence-corrected chi connectivity index (χ4v) is 3.10. The topological polar surface area (TPSA) is 29.1 Å². The molecule has 0 aromatic heterocycles. The minimum Gasteiger partial charge on any atom is -0.322 e. The van der Waals surface area contributed by atoms with Gasteiger partial charge in [-0.15, -0.1) is 0 Å². The highest BCUT2D eigenvalue weighted by Gasteiger charge is 2.15. The second-order valence-corrected chi connectivity index (χ2v) is 7.61. The first-order chi connectivity index (χ1) is 10.2. The van der Waals surface area contributed by atoms with Crippen molar-refractivity contribution in [2.24, 2.45) is 0 Å². The molecule has 0 bridgehead atoms. The Hall–Kier alpha value is -1.61. The molecule has 22 heavy (non-hydrogen) atoms. The first-order valence-electron chi connectivity index (χ1n) is 7.37. The molecule has 0 unspecified atom stereocenters. The lowest BCUT2D eigenvalue weighted by Gasteiger charge is -2.19. The van der Waals surface area contributed by atoms with Crippen molar-refractivity contribution < 1.29 is 4.79 Å². The third kappa shape index (κ3) is 3.77. The van der Waals surface area contributed by atoms with E-state index in [1.807, 2.05) is 50.2 Å². The van der Waals surface area contributed by atoms with Gasteiger partial charge in [0.25, 0.3) is 5.91 Å². The van der Waals surface area contributed by atoms with E-state index in [1.165, 1.54) is 5.56 Å². The van der Waals surface area contributed by atoms with Crippen LogP contribution in [0.3, 0.4) is 0 Å². The molecule has 0 radical (unpaired) electrons. The summed E-state index contributed by atoms with van der Waals surface area (Å²) in [5.74, 6) is -0.0750. The predicted molar refractivity (Wildman–Crippen MR) is 96.7 cm³/mol. The molecule has 0 aliphatic rings. The van der Waals surface area contributed by atoms with Gasteiger partial charge >= 0.3 is 0 Å². The van der Waals surface area contributed by atoms with Crippen molar-refractivity contribution in [1.82, 2.24) is 0 Å². The molecule has 0 aliphatic heterocycles. The van der Waals surface area contributed by atoms with Crippen LogP contribution in [0.2, 0.25) is 0 Å². The summed E-state index contributed by atoms with van der Waals surface area (Å²) in [7, 11) is 0. The molecule has 2 aromatic rings. The first-order valence-corrected chi connectivity index (χ1v) is 8.16. The number of carbonyl (C=O) groups is 1. The molecule has 0 fully saturated rings. The Labute approximate surface area is 141 Å². The summed E-state index contributed by atoms with van der Waals surface area (Å²) in [4.78, 5) is 12.4. The van der Waals surface area contributed by atoms with Crippen LogP contribution in [0.15, 0.2) is 40.9 Å². The maximum atomic E-state index is 12.4. The second-order valence-electron chi connectivity index (χ2n) is 6.70. The zero-order chi connectivity index (χ0) is 16.5. The van der Waals surface area contributed by atoms with E-state index in [4.69, 9.17) is 0 Å². The van der Waals surface area contributed by atoms with Gasteiger partial charge in [-0.3, -0.25) is 4.79 Å². The lowest BCUT2D eigenvalue weighted by Crippen LogP contribution is -2.15. The minimum atomic E-state index is -0.0750. The van der Waals surface area contributed by atoms with Crippen LogP contribution in [0, 0.1) is 13.8 Å². The van der Waals surface area contributed by atoms with Crippen LogP contribution in [-0.4, -0.2) is 5.91 Å². The highest BCUT2D eigenvalue weighted by atomic mass is 79.9. The number of benzene rings is 2. The maximum Gasteiger partial charge on any atom is 0.255 e. The highest BCUT2D eigenvalue weighted by molar-refractivity contribution is 9.10. The smallest absolute Gasteiger partial charge is 0.255 e. The number of hydrogen-bond acceptors (Lipinski definition) is 1. The molecule has 0 saturated heterocycles. The summed E-state index contributed by atoms with van der Waals surface area (Å²) in [5.41, 5.74) is 4.97. The van der Waals surface area contributed by atoms with E-state index in [1.54, 1.807) is 0 Å². The van der Waals surface area contributed by atoms with Crippen molar-refractivity contribution in [3.05, 3.63) is 63.1 Å². The lowest BCUT2D eigenvalue weighted by atomic mass is 9.86. The van der Waals surface area contributed by atoms with E-state index in [0.29, 0.717) is 5.56 Å². The second kappa shape index (κ2) is 6.25. The van der Waals surface area contributed by atoms with Crippen LogP contribution in [0.25, 0.3) is 0 Å². The predicted octanol–water partition coefficient (Wildman–Crippen LogP) is 5.62. The van der Waals surface area contributed by atoms with Crippen molar-refractivity contribution >= 4 is 27.5 Å². The van der Waals surface area contributed by atoms with Crippen molar-refractivity contribution in [2.45, 2.75) is 40.0 Å². The zero-order valence-electron chi connectivity index (χ0n) is 13.8. The zero-order valence-corrected chi connectivity index (χ0v) is 15.3. The minimum absolute atomic E-state index is 0.0750. The van der Waals surface area contributed by atoms with Gasteiger partial charge in [-0.25, -0.2) is 0 Å². The maximum absolute atomic E-state index is 12.4. The van der Waals surface area contributed by atoms with Crippen LogP contribution >= 0.6 is 15.9 Å². The SMILES string of the molecule is Cc1cc(Br)cc(C)c1NC(=O)c1ccc(C(C)(C)C)cc1. The number of hydrogen-bond donors (Lipinski definition) is 1. The quantitative estimate of drug-likeness (QED) is 0.740. The van der Waals surface area contributed by atoms with E-state index in [2.05, 4.69) is 42.0 Å². The monoisotopic (exact) mass is 359 g/mol. The highest BCUT2D eigenvalue weighted by Crippen LogP contribution is 2.26. The molecule has 0 aliphatic carbocycles. The van der Waals surface area contributed by atoms with Crippen LogP contribution in [0.4, 0.5) is 5.69 Å². The van der Waals surface area contributed by atoms with Crippen molar-refractivity contribution in [3.8, 4) is 0 Å². The molecule has 0 saturated carbocycles. The van der Waals surface area contributed by atoms with E-state index in [-0.39, 0.29) is 11.3 Å². The molecular formula is C19H22BrNO. The van der Waals surface area contributed by atoms with Crippen LogP contribution < -0.4 is 5.32 Å². The molecule has 3 heteroatoms. The molecule has 2 nitrogen and oxygen atoms in total. The molecule has 1 amide bonds. The van der Waals surface area contributed by atoms with Gasteiger partial charge in [0.15, 0.2) is 0 Å². The summed E-state index contributed by atoms with van der Waals surface area (Å²) in [6.45, 7) is 10.5. The van der Waals surface area contributed by atoms with E-state index >= 15 is 0 Å². The Kier molecular flexibility index (Phi) is 4.76. The molecule has 0 atom stereocenters. The Balaban J connectivity index is 2.23. The van der Waals surface area contributed by atoms with Gasteiger partial charge in [0.05, 0.1) is 0 Å². The Bertz CT molecular complexity index is 673. The Morgan fingerprint density at radius 1 is 1.00 bits per heavy atom. The average molecular weight is 360 g/mol. The first kappa shape index (κ1) is 16.8.